The molecular weight excluding hydrogens is 310 g/mol. The quantitative estimate of drug-likeness (QED) is 0.809. The summed E-state index contributed by atoms with van der Waals surface area (Å²) in [5, 5.41) is 1.84. The Balaban J connectivity index is 1.75. The van der Waals surface area contributed by atoms with Gasteiger partial charge in [0.05, 0.1) is 0 Å². The smallest absolute Gasteiger partial charge is 0.349 e. The van der Waals surface area contributed by atoms with Gasteiger partial charge in [0.1, 0.15) is 4.88 Å². The lowest BCUT2D eigenvalue weighted by molar-refractivity contribution is -0.126. The predicted octanol–water partition coefficient (Wildman–Crippen LogP) is 3.58. The molecule has 1 amide bonds. The Bertz CT molecular complexity index is 752. The van der Waals surface area contributed by atoms with Crippen molar-refractivity contribution < 1.29 is 14.3 Å². The molecule has 2 atom stereocenters. The van der Waals surface area contributed by atoms with Gasteiger partial charge in [-0.05, 0) is 55.8 Å². The monoisotopic (exact) mass is 329 g/mol. The molecular formula is C18H19NO3S. The Hall–Kier alpha value is -2.14. The number of para-hydroxylation sites is 1. The highest BCUT2D eigenvalue weighted by Gasteiger charge is 2.34. The Morgan fingerprint density at radius 1 is 1.30 bits per heavy atom. The van der Waals surface area contributed by atoms with E-state index in [-0.39, 0.29) is 11.9 Å². The van der Waals surface area contributed by atoms with Crippen molar-refractivity contribution in [2.45, 2.75) is 39.3 Å². The molecule has 4 nitrogen and oxygen atoms in total. The van der Waals surface area contributed by atoms with Crippen molar-refractivity contribution in [3.63, 3.8) is 0 Å². The van der Waals surface area contributed by atoms with E-state index in [4.69, 9.17) is 4.74 Å². The molecule has 0 saturated heterocycles. The number of rotatable bonds is 3. The Morgan fingerprint density at radius 3 is 2.74 bits per heavy atom. The number of thiophene rings is 1. The maximum absolute atomic E-state index is 12.8. The van der Waals surface area contributed by atoms with Gasteiger partial charge in [-0.2, -0.15) is 0 Å². The average Bonchev–Trinajstić information content (AvgIpc) is 3.08. The largest absolute Gasteiger partial charge is 0.448 e. The first-order chi connectivity index (χ1) is 11.0. The second kappa shape index (κ2) is 6.16. The molecule has 1 aromatic heterocycles. The number of aryl methyl sites for hydroxylation is 1. The van der Waals surface area contributed by atoms with Crippen LogP contribution in [0, 0.1) is 6.92 Å². The molecule has 2 aromatic rings. The molecule has 120 valence electrons. The third-order valence-corrected chi connectivity index (χ3v) is 5.12. The molecule has 2 heterocycles. The first kappa shape index (κ1) is 15.7. The van der Waals surface area contributed by atoms with Crippen molar-refractivity contribution in [3.05, 3.63) is 51.7 Å². The number of esters is 1. The summed E-state index contributed by atoms with van der Waals surface area (Å²) in [5.41, 5.74) is 2.95. The van der Waals surface area contributed by atoms with Gasteiger partial charge in [0.2, 0.25) is 0 Å². The highest BCUT2D eigenvalue weighted by Crippen LogP contribution is 2.32. The number of fused-ring (bicyclic) bond motifs is 1. The first-order valence-corrected chi connectivity index (χ1v) is 8.53. The van der Waals surface area contributed by atoms with Crippen molar-refractivity contribution >= 4 is 28.9 Å². The van der Waals surface area contributed by atoms with Crippen LogP contribution >= 0.6 is 11.3 Å². The van der Waals surface area contributed by atoms with Gasteiger partial charge < -0.3 is 9.64 Å². The van der Waals surface area contributed by atoms with Crippen molar-refractivity contribution in [1.29, 1.82) is 0 Å². The minimum absolute atomic E-state index is 0.0736. The van der Waals surface area contributed by atoms with Gasteiger partial charge in [0.25, 0.3) is 5.91 Å². The Labute approximate surface area is 139 Å². The average molecular weight is 329 g/mol. The molecule has 1 aliphatic heterocycles. The summed E-state index contributed by atoms with van der Waals surface area (Å²) in [4.78, 5) is 27.3. The minimum atomic E-state index is -0.808. The van der Waals surface area contributed by atoms with Crippen LogP contribution in [0.2, 0.25) is 0 Å². The number of benzene rings is 1. The predicted molar refractivity (Wildman–Crippen MR) is 91.0 cm³/mol. The summed E-state index contributed by atoms with van der Waals surface area (Å²) >= 11 is 1.33. The summed E-state index contributed by atoms with van der Waals surface area (Å²) in [6.07, 6.45) is 0.0182. The van der Waals surface area contributed by atoms with E-state index in [1.165, 1.54) is 11.3 Å². The molecule has 0 aliphatic carbocycles. The molecule has 0 radical (unpaired) electrons. The van der Waals surface area contributed by atoms with Crippen molar-refractivity contribution in [2.75, 3.05) is 4.90 Å². The number of anilines is 1. The van der Waals surface area contributed by atoms with Gasteiger partial charge in [-0.1, -0.05) is 18.2 Å². The number of nitrogens with zero attached hydrogens (tertiary/aromatic N) is 1. The SMILES string of the molecule is Cc1ccsc1C(=O)O[C@@H](C)C(=O)N1c2ccccc2C[C@H]1C. The number of amides is 1. The maximum atomic E-state index is 12.8. The summed E-state index contributed by atoms with van der Waals surface area (Å²) in [6, 6.07) is 9.81. The standard InChI is InChI=1S/C18H19NO3S/c1-11-8-9-23-16(11)18(21)22-13(3)17(20)19-12(2)10-14-6-4-5-7-15(14)19/h4-9,12-13H,10H2,1-3H3/t12-,13+/m1/s1. The highest BCUT2D eigenvalue weighted by molar-refractivity contribution is 7.12. The Morgan fingerprint density at radius 2 is 2.04 bits per heavy atom. The number of carbonyl (C=O) groups is 2. The third-order valence-electron chi connectivity index (χ3n) is 4.12. The topological polar surface area (TPSA) is 46.6 Å². The van der Waals surface area contributed by atoms with Gasteiger partial charge >= 0.3 is 5.97 Å². The van der Waals surface area contributed by atoms with E-state index in [9.17, 15) is 9.59 Å². The van der Waals surface area contributed by atoms with E-state index in [2.05, 4.69) is 0 Å². The summed E-state index contributed by atoms with van der Waals surface area (Å²) in [5.74, 6) is -0.608. The van der Waals surface area contributed by atoms with E-state index in [1.807, 2.05) is 49.6 Å². The molecule has 0 saturated carbocycles. The fourth-order valence-corrected chi connectivity index (χ4v) is 3.75. The zero-order valence-corrected chi connectivity index (χ0v) is 14.2. The van der Waals surface area contributed by atoms with Crippen LogP contribution < -0.4 is 4.90 Å². The lowest BCUT2D eigenvalue weighted by Gasteiger charge is -2.25. The maximum Gasteiger partial charge on any atom is 0.349 e. The van der Waals surface area contributed by atoms with Crippen LogP contribution in [0.5, 0.6) is 0 Å². The number of carbonyl (C=O) groups excluding carboxylic acids is 2. The molecule has 0 fully saturated rings. The van der Waals surface area contributed by atoms with E-state index < -0.39 is 12.1 Å². The lowest BCUT2D eigenvalue weighted by atomic mass is 10.1. The van der Waals surface area contributed by atoms with E-state index in [1.54, 1.807) is 11.8 Å². The number of hydrogen-bond donors (Lipinski definition) is 0. The fourth-order valence-electron chi connectivity index (χ4n) is 2.94. The fraction of sp³-hybridized carbons (Fsp3) is 0.333. The van der Waals surface area contributed by atoms with Crippen LogP contribution in [0.3, 0.4) is 0 Å². The first-order valence-electron chi connectivity index (χ1n) is 7.65. The second-order valence-electron chi connectivity index (χ2n) is 5.87. The molecule has 5 heteroatoms. The Kier molecular flexibility index (Phi) is 4.22. The van der Waals surface area contributed by atoms with Gasteiger partial charge in [-0.3, -0.25) is 4.79 Å². The van der Waals surface area contributed by atoms with Gasteiger partial charge in [-0.15, -0.1) is 11.3 Å². The lowest BCUT2D eigenvalue weighted by Crippen LogP contribution is -2.43. The highest BCUT2D eigenvalue weighted by atomic mass is 32.1. The van der Waals surface area contributed by atoms with Crippen LogP contribution in [0.25, 0.3) is 0 Å². The number of hydrogen-bond acceptors (Lipinski definition) is 4. The van der Waals surface area contributed by atoms with Crippen molar-refractivity contribution in [1.82, 2.24) is 0 Å². The normalized spacial score (nSPS) is 17.7. The summed E-state index contributed by atoms with van der Waals surface area (Å²) < 4.78 is 5.39. The second-order valence-corrected chi connectivity index (χ2v) is 6.79. The van der Waals surface area contributed by atoms with Gasteiger partial charge in [0, 0.05) is 11.7 Å². The molecule has 0 N–H and O–H groups in total. The summed E-state index contributed by atoms with van der Waals surface area (Å²) in [6.45, 7) is 5.51. The van der Waals surface area contributed by atoms with Crippen LogP contribution in [0.4, 0.5) is 5.69 Å². The third kappa shape index (κ3) is 2.88. The molecule has 1 aliphatic rings. The zero-order valence-electron chi connectivity index (χ0n) is 13.4. The summed E-state index contributed by atoms with van der Waals surface area (Å²) in [7, 11) is 0. The van der Waals surface area contributed by atoms with E-state index in [0.717, 1.165) is 23.2 Å². The molecule has 0 unspecified atom stereocenters. The molecule has 3 rings (SSSR count). The van der Waals surface area contributed by atoms with E-state index in [0.29, 0.717) is 4.88 Å². The number of ether oxygens (including phenoxy) is 1. The van der Waals surface area contributed by atoms with Crippen molar-refractivity contribution in [3.8, 4) is 0 Å². The van der Waals surface area contributed by atoms with Crippen LogP contribution in [0.1, 0.15) is 34.6 Å². The van der Waals surface area contributed by atoms with Crippen LogP contribution in [-0.4, -0.2) is 24.0 Å². The van der Waals surface area contributed by atoms with Crippen molar-refractivity contribution in [2.24, 2.45) is 0 Å². The van der Waals surface area contributed by atoms with Crippen LogP contribution in [-0.2, 0) is 16.0 Å². The van der Waals surface area contributed by atoms with Crippen LogP contribution in [0.15, 0.2) is 35.7 Å². The van der Waals surface area contributed by atoms with Gasteiger partial charge in [-0.25, -0.2) is 4.79 Å². The molecule has 1 aromatic carbocycles. The molecule has 0 bridgehead atoms. The molecule has 0 spiro atoms. The van der Waals surface area contributed by atoms with Gasteiger partial charge in [0.15, 0.2) is 6.10 Å². The molecule has 23 heavy (non-hydrogen) atoms. The zero-order chi connectivity index (χ0) is 16.6. The van der Waals surface area contributed by atoms with E-state index >= 15 is 0 Å². The minimum Gasteiger partial charge on any atom is -0.448 e.